The molecule has 0 aromatic heterocycles. The van der Waals surface area contributed by atoms with Gasteiger partial charge in [-0.25, -0.2) is 4.79 Å². The van der Waals surface area contributed by atoms with Gasteiger partial charge >= 0.3 is 18.3 Å². The highest BCUT2D eigenvalue weighted by atomic mass is 19.4. The maximum atomic E-state index is 13.3. The number of alkyl halides is 6. The van der Waals surface area contributed by atoms with E-state index in [1.807, 2.05) is 0 Å². The normalized spacial score (nSPS) is 12.8. The standard InChI is InChI=1S/C16H18F6O4/c1-5-25-12(23)8-26-13-9(2)6-11(7-10(13)3)14(24-4,15(17,18)19)16(20,21)22/h6-7H,5,8H2,1-4H3. The van der Waals surface area contributed by atoms with Gasteiger partial charge in [-0.1, -0.05) is 0 Å². The fraction of sp³-hybridized carbons (Fsp3) is 0.562. The minimum Gasteiger partial charge on any atom is -0.481 e. The number of methoxy groups -OCH3 is 1. The van der Waals surface area contributed by atoms with Gasteiger partial charge in [0.05, 0.1) is 6.61 Å². The lowest BCUT2D eigenvalue weighted by atomic mass is 9.89. The number of hydrogen-bond donors (Lipinski definition) is 0. The average Bonchev–Trinajstić information content (AvgIpc) is 2.44. The van der Waals surface area contributed by atoms with Crippen LogP contribution in [0.1, 0.15) is 23.6 Å². The highest BCUT2D eigenvalue weighted by Gasteiger charge is 2.73. The predicted molar refractivity (Wildman–Crippen MR) is 78.8 cm³/mol. The Morgan fingerprint density at radius 1 is 1.00 bits per heavy atom. The van der Waals surface area contributed by atoms with E-state index in [-0.39, 0.29) is 23.5 Å². The summed E-state index contributed by atoms with van der Waals surface area (Å²) in [7, 11) is 0.344. The lowest BCUT2D eigenvalue weighted by Crippen LogP contribution is -2.55. The van der Waals surface area contributed by atoms with Crippen LogP contribution in [-0.4, -0.2) is 38.6 Å². The van der Waals surface area contributed by atoms with Crippen LogP contribution in [-0.2, 0) is 19.9 Å². The van der Waals surface area contributed by atoms with Gasteiger partial charge in [0.15, 0.2) is 6.61 Å². The molecule has 1 aromatic carbocycles. The van der Waals surface area contributed by atoms with E-state index in [9.17, 15) is 31.1 Å². The van der Waals surface area contributed by atoms with Crippen molar-refractivity contribution < 1.29 is 45.3 Å². The van der Waals surface area contributed by atoms with Crippen molar-refractivity contribution in [1.29, 1.82) is 0 Å². The Kier molecular flexibility index (Phi) is 6.56. The monoisotopic (exact) mass is 388 g/mol. The summed E-state index contributed by atoms with van der Waals surface area (Å²) in [5, 5.41) is 0. The number of aryl methyl sites for hydroxylation is 2. The molecule has 148 valence electrons. The smallest absolute Gasteiger partial charge is 0.430 e. The first-order valence-electron chi connectivity index (χ1n) is 7.40. The first kappa shape index (κ1) is 22.1. The first-order valence-corrected chi connectivity index (χ1v) is 7.40. The number of benzene rings is 1. The lowest BCUT2D eigenvalue weighted by molar-refractivity contribution is -0.383. The number of rotatable bonds is 6. The number of halogens is 6. The van der Waals surface area contributed by atoms with Gasteiger partial charge in [-0.2, -0.15) is 26.3 Å². The van der Waals surface area contributed by atoms with Crippen LogP contribution in [0.5, 0.6) is 5.75 Å². The molecule has 0 aliphatic heterocycles. The van der Waals surface area contributed by atoms with Crippen molar-refractivity contribution in [2.45, 2.75) is 38.7 Å². The highest BCUT2D eigenvalue weighted by Crippen LogP contribution is 2.53. The molecule has 0 saturated carbocycles. The van der Waals surface area contributed by atoms with E-state index in [1.54, 1.807) is 6.92 Å². The van der Waals surface area contributed by atoms with Gasteiger partial charge in [-0.15, -0.1) is 0 Å². The molecular weight excluding hydrogens is 370 g/mol. The molecular formula is C16H18F6O4. The fourth-order valence-corrected chi connectivity index (χ4v) is 2.55. The van der Waals surface area contributed by atoms with Gasteiger partial charge in [0.2, 0.25) is 0 Å². The Morgan fingerprint density at radius 2 is 1.46 bits per heavy atom. The predicted octanol–water partition coefficient (Wildman–Crippen LogP) is 4.21. The Bertz CT molecular complexity index is 614. The van der Waals surface area contributed by atoms with Crippen LogP contribution in [0.2, 0.25) is 0 Å². The van der Waals surface area contributed by atoms with E-state index in [0.717, 1.165) is 0 Å². The molecule has 0 heterocycles. The molecule has 0 spiro atoms. The Morgan fingerprint density at radius 3 is 1.81 bits per heavy atom. The SMILES string of the molecule is CCOC(=O)COc1c(C)cc(C(OC)(C(F)(F)F)C(F)(F)F)cc1C. The topological polar surface area (TPSA) is 44.8 Å². The van der Waals surface area contributed by atoms with Crippen molar-refractivity contribution in [3.63, 3.8) is 0 Å². The third kappa shape index (κ3) is 4.05. The summed E-state index contributed by atoms with van der Waals surface area (Å²) in [6, 6.07) is 1.36. The fourth-order valence-electron chi connectivity index (χ4n) is 2.55. The van der Waals surface area contributed by atoms with Gasteiger partial charge < -0.3 is 14.2 Å². The molecule has 0 unspecified atom stereocenters. The zero-order valence-corrected chi connectivity index (χ0v) is 14.5. The summed E-state index contributed by atoms with van der Waals surface area (Å²) in [6.45, 7) is 3.69. The minimum absolute atomic E-state index is 0.00356. The number of carbonyl (C=O) groups is 1. The Balaban J connectivity index is 3.40. The van der Waals surface area contributed by atoms with Crippen molar-refractivity contribution in [3.8, 4) is 5.75 Å². The molecule has 0 amide bonds. The van der Waals surface area contributed by atoms with E-state index < -0.39 is 36.1 Å². The molecule has 26 heavy (non-hydrogen) atoms. The number of hydrogen-bond acceptors (Lipinski definition) is 4. The van der Waals surface area contributed by atoms with Gasteiger partial charge in [0.25, 0.3) is 5.60 Å². The molecule has 0 aliphatic carbocycles. The molecule has 1 rings (SSSR count). The molecule has 4 nitrogen and oxygen atoms in total. The largest absolute Gasteiger partial charge is 0.481 e. The molecule has 0 saturated heterocycles. The van der Waals surface area contributed by atoms with Crippen molar-refractivity contribution >= 4 is 5.97 Å². The van der Waals surface area contributed by atoms with Crippen molar-refractivity contribution in [3.05, 3.63) is 28.8 Å². The molecule has 0 atom stereocenters. The van der Waals surface area contributed by atoms with Crippen molar-refractivity contribution in [2.75, 3.05) is 20.3 Å². The van der Waals surface area contributed by atoms with E-state index in [0.29, 0.717) is 19.2 Å². The second kappa shape index (κ2) is 7.73. The van der Waals surface area contributed by atoms with Crippen molar-refractivity contribution in [1.82, 2.24) is 0 Å². The van der Waals surface area contributed by atoms with Gasteiger partial charge in [-0.3, -0.25) is 0 Å². The molecule has 0 aliphatic rings. The van der Waals surface area contributed by atoms with E-state index in [4.69, 9.17) is 4.74 Å². The van der Waals surface area contributed by atoms with E-state index >= 15 is 0 Å². The summed E-state index contributed by atoms with van der Waals surface area (Å²) in [4.78, 5) is 11.3. The zero-order valence-electron chi connectivity index (χ0n) is 14.5. The van der Waals surface area contributed by atoms with Crippen LogP contribution < -0.4 is 4.74 Å². The third-order valence-electron chi connectivity index (χ3n) is 3.61. The molecule has 0 bridgehead atoms. The molecule has 1 aromatic rings. The second-order valence-corrected chi connectivity index (χ2v) is 5.41. The molecule has 10 heteroatoms. The summed E-state index contributed by atoms with van der Waals surface area (Å²) in [6.07, 6.45) is -11.5. The van der Waals surface area contributed by atoms with Crippen LogP contribution >= 0.6 is 0 Å². The van der Waals surface area contributed by atoms with E-state index in [1.165, 1.54) is 13.8 Å². The number of carbonyl (C=O) groups excluding carboxylic acids is 1. The summed E-state index contributed by atoms with van der Waals surface area (Å²) < 4.78 is 93.7. The summed E-state index contributed by atoms with van der Waals surface area (Å²) >= 11 is 0. The maximum Gasteiger partial charge on any atom is 0.430 e. The highest BCUT2D eigenvalue weighted by molar-refractivity contribution is 5.71. The van der Waals surface area contributed by atoms with Crippen LogP contribution in [0, 0.1) is 13.8 Å². The zero-order chi connectivity index (χ0) is 20.3. The van der Waals surface area contributed by atoms with E-state index in [2.05, 4.69) is 9.47 Å². The van der Waals surface area contributed by atoms with Gasteiger partial charge in [0, 0.05) is 12.7 Å². The second-order valence-electron chi connectivity index (χ2n) is 5.41. The average molecular weight is 388 g/mol. The van der Waals surface area contributed by atoms with Crippen LogP contribution in [0.25, 0.3) is 0 Å². The van der Waals surface area contributed by atoms with Crippen LogP contribution in [0.15, 0.2) is 12.1 Å². The summed E-state index contributed by atoms with van der Waals surface area (Å²) in [5.74, 6) is -0.719. The van der Waals surface area contributed by atoms with Gasteiger partial charge in [0.1, 0.15) is 5.75 Å². The van der Waals surface area contributed by atoms with Crippen LogP contribution in [0.3, 0.4) is 0 Å². The van der Waals surface area contributed by atoms with Crippen LogP contribution in [0.4, 0.5) is 26.3 Å². The quantitative estimate of drug-likeness (QED) is 0.541. The number of ether oxygens (including phenoxy) is 3. The third-order valence-corrected chi connectivity index (χ3v) is 3.61. The maximum absolute atomic E-state index is 13.3. The first-order chi connectivity index (χ1) is 11.8. The number of esters is 1. The molecule has 0 fully saturated rings. The molecule has 0 radical (unpaired) electrons. The summed E-state index contributed by atoms with van der Waals surface area (Å²) in [5.41, 5.74) is -5.63. The molecule has 0 N–H and O–H groups in total. The lowest BCUT2D eigenvalue weighted by Gasteiger charge is -2.36. The van der Waals surface area contributed by atoms with Crippen molar-refractivity contribution in [2.24, 2.45) is 0 Å². The Labute approximate surface area is 146 Å². The van der Waals surface area contributed by atoms with Gasteiger partial charge in [-0.05, 0) is 44.0 Å². The Hall–Kier alpha value is -1.97. The minimum atomic E-state index is -5.74.